The summed E-state index contributed by atoms with van der Waals surface area (Å²) in [5.74, 6) is -0.246. The highest BCUT2D eigenvalue weighted by Gasteiger charge is 2.18. The minimum atomic E-state index is -0.575. The highest BCUT2D eigenvalue weighted by Crippen LogP contribution is 2.23. The molecule has 0 saturated heterocycles. The lowest BCUT2D eigenvalue weighted by Crippen LogP contribution is -2.26. The van der Waals surface area contributed by atoms with Gasteiger partial charge in [0.15, 0.2) is 0 Å². The summed E-state index contributed by atoms with van der Waals surface area (Å²) in [5, 5.41) is 10.7. The van der Waals surface area contributed by atoms with E-state index in [0.29, 0.717) is 12.1 Å². The van der Waals surface area contributed by atoms with E-state index in [1.807, 2.05) is 6.92 Å². The first-order chi connectivity index (χ1) is 9.90. The van der Waals surface area contributed by atoms with Crippen LogP contribution >= 0.6 is 11.3 Å². The molecule has 0 aliphatic heterocycles. The maximum Gasteiger partial charge on any atom is 0.292 e. The van der Waals surface area contributed by atoms with Crippen molar-refractivity contribution in [3.63, 3.8) is 0 Å². The van der Waals surface area contributed by atoms with Crippen LogP contribution in [0.15, 0.2) is 23.7 Å². The monoisotopic (exact) mass is 306 g/mol. The number of nitro groups is 1. The first-order valence-electron chi connectivity index (χ1n) is 6.08. The highest BCUT2D eigenvalue weighted by atomic mass is 32.1. The second kappa shape index (κ2) is 5.88. The zero-order chi connectivity index (χ0) is 15.6. The lowest BCUT2D eigenvalue weighted by atomic mass is 10.1. The topological polar surface area (TPSA) is 102 Å². The molecule has 1 aromatic carbocycles. The van der Waals surface area contributed by atoms with E-state index in [-0.39, 0.29) is 17.3 Å². The number of thiazole rings is 1. The van der Waals surface area contributed by atoms with Gasteiger partial charge >= 0.3 is 0 Å². The zero-order valence-electron chi connectivity index (χ0n) is 11.6. The molecule has 7 nitrogen and oxygen atoms in total. The number of carbonyl (C=O) groups excluding carboxylic acids is 1. The molecule has 0 unspecified atom stereocenters. The summed E-state index contributed by atoms with van der Waals surface area (Å²) in [6, 6.07) is 3.98. The van der Waals surface area contributed by atoms with Crippen LogP contribution in [0.3, 0.4) is 0 Å². The van der Waals surface area contributed by atoms with Crippen LogP contribution in [-0.4, -0.2) is 27.8 Å². The van der Waals surface area contributed by atoms with Gasteiger partial charge in [0.05, 0.1) is 22.7 Å². The van der Waals surface area contributed by atoms with E-state index in [9.17, 15) is 14.9 Å². The molecule has 2 aromatic rings. The Morgan fingerprint density at radius 3 is 2.76 bits per heavy atom. The number of carbonyl (C=O) groups is 1. The van der Waals surface area contributed by atoms with Gasteiger partial charge in [-0.25, -0.2) is 4.98 Å². The summed E-state index contributed by atoms with van der Waals surface area (Å²) < 4.78 is 0. The van der Waals surface area contributed by atoms with Crippen molar-refractivity contribution in [1.29, 1.82) is 0 Å². The van der Waals surface area contributed by atoms with Crippen molar-refractivity contribution in [3.05, 3.63) is 50.0 Å². The molecule has 0 radical (unpaired) electrons. The Bertz CT molecular complexity index is 698. The third kappa shape index (κ3) is 3.16. The van der Waals surface area contributed by atoms with Gasteiger partial charge in [0, 0.05) is 23.6 Å². The van der Waals surface area contributed by atoms with Crippen LogP contribution in [0.1, 0.15) is 20.9 Å². The lowest BCUT2D eigenvalue weighted by Gasteiger charge is -2.16. The van der Waals surface area contributed by atoms with E-state index in [1.54, 1.807) is 12.6 Å². The smallest absolute Gasteiger partial charge is 0.292 e. The number of nitro benzene ring substituents is 1. The molecule has 0 saturated carbocycles. The summed E-state index contributed by atoms with van der Waals surface area (Å²) in [6.45, 7) is 2.32. The van der Waals surface area contributed by atoms with Crippen molar-refractivity contribution in [2.75, 3.05) is 12.8 Å². The molecule has 0 aliphatic rings. The van der Waals surface area contributed by atoms with Crippen molar-refractivity contribution < 1.29 is 9.72 Å². The summed E-state index contributed by atoms with van der Waals surface area (Å²) in [7, 11) is 1.67. The van der Waals surface area contributed by atoms with Crippen molar-refractivity contribution in [2.45, 2.75) is 13.5 Å². The molecule has 0 aliphatic carbocycles. The molecule has 0 fully saturated rings. The fourth-order valence-corrected chi connectivity index (χ4v) is 2.67. The molecule has 8 heteroatoms. The summed E-state index contributed by atoms with van der Waals surface area (Å²) in [6.07, 6.45) is 0. The minimum absolute atomic E-state index is 0.0202. The first-order valence-corrected chi connectivity index (χ1v) is 6.96. The Kier molecular flexibility index (Phi) is 4.18. The molecular formula is C13H14N4O3S. The quantitative estimate of drug-likeness (QED) is 0.530. The number of amides is 1. The maximum atomic E-state index is 12.3. The van der Waals surface area contributed by atoms with Gasteiger partial charge in [-0.05, 0) is 19.1 Å². The van der Waals surface area contributed by atoms with Crippen molar-refractivity contribution in [2.24, 2.45) is 0 Å². The van der Waals surface area contributed by atoms with Gasteiger partial charge in [-0.15, -0.1) is 11.3 Å². The van der Waals surface area contributed by atoms with E-state index in [0.717, 1.165) is 10.6 Å². The third-order valence-corrected chi connectivity index (χ3v) is 3.96. The summed E-state index contributed by atoms with van der Waals surface area (Å²) in [5.41, 5.74) is 8.32. The number of hydrogen-bond acceptors (Lipinski definition) is 6. The first kappa shape index (κ1) is 14.9. The molecule has 1 aromatic heterocycles. The molecule has 0 atom stereocenters. The van der Waals surface area contributed by atoms with E-state index >= 15 is 0 Å². The van der Waals surface area contributed by atoms with Crippen molar-refractivity contribution in [1.82, 2.24) is 9.88 Å². The van der Waals surface area contributed by atoms with Crippen LogP contribution < -0.4 is 5.73 Å². The normalized spacial score (nSPS) is 10.4. The van der Waals surface area contributed by atoms with Crippen molar-refractivity contribution >= 4 is 28.6 Å². The maximum absolute atomic E-state index is 12.3. The van der Waals surface area contributed by atoms with Crippen LogP contribution in [0.5, 0.6) is 0 Å². The van der Waals surface area contributed by atoms with Gasteiger partial charge in [-0.3, -0.25) is 14.9 Å². The average molecular weight is 306 g/mol. The molecule has 0 spiro atoms. The van der Waals surface area contributed by atoms with E-state index in [4.69, 9.17) is 5.73 Å². The number of anilines is 1. The van der Waals surface area contributed by atoms with Gasteiger partial charge < -0.3 is 10.6 Å². The number of benzene rings is 1. The number of rotatable bonds is 4. The molecule has 2 rings (SSSR count). The standard InChI is InChI=1S/C13H14N4O3S/c1-8-12(21-7-15-8)6-16(2)13(18)9-3-4-11(17(19)20)10(14)5-9/h3-5,7H,6,14H2,1-2H3. The van der Waals surface area contributed by atoms with Crippen LogP contribution in [0.2, 0.25) is 0 Å². The van der Waals surface area contributed by atoms with Crippen LogP contribution in [0, 0.1) is 17.0 Å². The Hall–Kier alpha value is -2.48. The van der Waals surface area contributed by atoms with Crippen LogP contribution in [0.25, 0.3) is 0 Å². The Morgan fingerprint density at radius 1 is 1.52 bits per heavy atom. The van der Waals surface area contributed by atoms with Gasteiger partial charge in [0.2, 0.25) is 0 Å². The molecule has 21 heavy (non-hydrogen) atoms. The number of hydrogen-bond donors (Lipinski definition) is 1. The van der Waals surface area contributed by atoms with Crippen LogP contribution in [-0.2, 0) is 6.54 Å². The van der Waals surface area contributed by atoms with Crippen LogP contribution in [0.4, 0.5) is 11.4 Å². The number of aromatic nitrogens is 1. The fraction of sp³-hybridized carbons (Fsp3) is 0.231. The zero-order valence-corrected chi connectivity index (χ0v) is 12.4. The second-order valence-corrected chi connectivity index (χ2v) is 5.49. The van der Waals surface area contributed by atoms with Gasteiger partial charge in [0.25, 0.3) is 11.6 Å². The minimum Gasteiger partial charge on any atom is -0.393 e. The van der Waals surface area contributed by atoms with E-state index in [2.05, 4.69) is 4.98 Å². The number of aryl methyl sites for hydroxylation is 1. The fourth-order valence-electron chi connectivity index (χ4n) is 1.84. The van der Waals surface area contributed by atoms with Gasteiger partial charge in [0.1, 0.15) is 5.69 Å². The average Bonchev–Trinajstić information content (AvgIpc) is 2.82. The lowest BCUT2D eigenvalue weighted by molar-refractivity contribution is -0.383. The summed E-state index contributed by atoms with van der Waals surface area (Å²) in [4.78, 5) is 29.1. The molecule has 1 heterocycles. The number of nitrogen functional groups attached to an aromatic ring is 1. The Balaban J connectivity index is 2.18. The SMILES string of the molecule is Cc1ncsc1CN(C)C(=O)c1ccc([N+](=O)[O-])c(N)c1. The van der Waals surface area contributed by atoms with Crippen molar-refractivity contribution in [3.8, 4) is 0 Å². The van der Waals surface area contributed by atoms with Gasteiger partial charge in [-0.1, -0.05) is 0 Å². The predicted octanol–water partition coefficient (Wildman–Crippen LogP) is 2.21. The van der Waals surface area contributed by atoms with E-state index in [1.165, 1.54) is 34.4 Å². The molecular weight excluding hydrogens is 292 g/mol. The third-order valence-electron chi connectivity index (χ3n) is 3.04. The molecule has 0 bridgehead atoms. The van der Waals surface area contributed by atoms with E-state index < -0.39 is 4.92 Å². The highest BCUT2D eigenvalue weighted by molar-refractivity contribution is 7.09. The number of nitrogens with zero attached hydrogens (tertiary/aromatic N) is 3. The second-order valence-electron chi connectivity index (χ2n) is 4.55. The molecule has 1 amide bonds. The van der Waals surface area contributed by atoms with Gasteiger partial charge in [-0.2, -0.15) is 0 Å². The Labute approximate surface area is 125 Å². The summed E-state index contributed by atoms with van der Waals surface area (Å²) >= 11 is 1.48. The number of nitrogens with two attached hydrogens (primary N) is 1. The molecule has 2 N–H and O–H groups in total. The Morgan fingerprint density at radius 2 is 2.24 bits per heavy atom. The largest absolute Gasteiger partial charge is 0.393 e. The molecule has 110 valence electrons. The predicted molar refractivity (Wildman–Crippen MR) is 80.2 cm³/mol.